The van der Waals surface area contributed by atoms with Gasteiger partial charge in [0.1, 0.15) is 0 Å². The van der Waals surface area contributed by atoms with Crippen LogP contribution < -0.4 is 5.32 Å². The van der Waals surface area contributed by atoms with Crippen LogP contribution in [0.1, 0.15) is 12.8 Å². The van der Waals surface area contributed by atoms with Crippen molar-refractivity contribution in [1.82, 2.24) is 0 Å². The van der Waals surface area contributed by atoms with Crippen LogP contribution in [0.5, 0.6) is 0 Å². The van der Waals surface area contributed by atoms with Crippen molar-refractivity contribution in [2.75, 3.05) is 5.32 Å². The van der Waals surface area contributed by atoms with Crippen LogP contribution in [0.4, 0.5) is 5.69 Å². The zero-order valence-electron chi connectivity index (χ0n) is 10.5. The van der Waals surface area contributed by atoms with Gasteiger partial charge in [-0.3, -0.25) is 9.59 Å². The van der Waals surface area contributed by atoms with Gasteiger partial charge in [0.15, 0.2) is 0 Å². The second-order valence-corrected chi connectivity index (χ2v) is 6.26. The smallest absolute Gasteiger partial charge is 0.307 e. The average molecular weight is 406 g/mol. The molecule has 2 rings (SSSR count). The van der Waals surface area contributed by atoms with E-state index in [9.17, 15) is 14.7 Å². The van der Waals surface area contributed by atoms with Gasteiger partial charge in [-0.05, 0) is 53.6 Å². The highest BCUT2D eigenvalue weighted by atomic mass is 127. The van der Waals surface area contributed by atoms with Gasteiger partial charge >= 0.3 is 5.97 Å². The van der Waals surface area contributed by atoms with Crippen LogP contribution in [0.25, 0.3) is 0 Å². The predicted octanol–water partition coefficient (Wildman–Crippen LogP) is 3.55. The largest absolute Gasteiger partial charge is 0.481 e. The van der Waals surface area contributed by atoms with Gasteiger partial charge in [0.05, 0.1) is 22.5 Å². The summed E-state index contributed by atoms with van der Waals surface area (Å²) in [5, 5.41) is 12.3. The molecule has 0 saturated carbocycles. The highest BCUT2D eigenvalue weighted by Crippen LogP contribution is 2.29. The number of carboxylic acid groups (broad SMARTS) is 1. The molecular formula is C14H13ClINO3. The maximum Gasteiger partial charge on any atom is 0.307 e. The summed E-state index contributed by atoms with van der Waals surface area (Å²) in [5.41, 5.74) is 0.510. The van der Waals surface area contributed by atoms with Crippen LogP contribution in [0.15, 0.2) is 30.4 Å². The second-order valence-electron chi connectivity index (χ2n) is 4.61. The predicted molar refractivity (Wildman–Crippen MR) is 85.8 cm³/mol. The molecule has 0 saturated heterocycles. The van der Waals surface area contributed by atoms with Crippen LogP contribution in [-0.4, -0.2) is 17.0 Å². The number of carbonyl (C=O) groups excluding carboxylic acids is 1. The number of benzene rings is 1. The van der Waals surface area contributed by atoms with Crippen molar-refractivity contribution < 1.29 is 14.7 Å². The number of halogens is 2. The molecular weight excluding hydrogens is 393 g/mol. The Labute approximate surface area is 135 Å². The summed E-state index contributed by atoms with van der Waals surface area (Å²) in [6, 6.07) is 5.29. The van der Waals surface area contributed by atoms with E-state index in [1.807, 2.05) is 12.1 Å². The van der Waals surface area contributed by atoms with E-state index in [0.29, 0.717) is 23.6 Å². The van der Waals surface area contributed by atoms with Crippen LogP contribution in [-0.2, 0) is 9.59 Å². The van der Waals surface area contributed by atoms with Gasteiger partial charge in [-0.1, -0.05) is 23.8 Å². The molecule has 0 aliphatic heterocycles. The zero-order chi connectivity index (χ0) is 14.7. The molecule has 6 heteroatoms. The molecule has 1 aromatic rings. The molecule has 0 spiro atoms. The molecule has 4 nitrogen and oxygen atoms in total. The normalized spacial score (nSPS) is 21.5. The Morgan fingerprint density at radius 3 is 2.50 bits per heavy atom. The summed E-state index contributed by atoms with van der Waals surface area (Å²) in [6.07, 6.45) is 4.47. The SMILES string of the molecule is O=C(O)[C@H]1CC=CC[C@H]1C(=O)Nc1ccc(I)cc1Cl. The Morgan fingerprint density at radius 1 is 1.25 bits per heavy atom. The molecule has 0 aromatic heterocycles. The fourth-order valence-corrected chi connectivity index (χ4v) is 3.10. The Bertz CT molecular complexity index is 574. The first-order valence-electron chi connectivity index (χ1n) is 6.12. The summed E-state index contributed by atoms with van der Waals surface area (Å²) in [7, 11) is 0. The van der Waals surface area contributed by atoms with E-state index in [1.54, 1.807) is 18.2 Å². The van der Waals surface area contributed by atoms with E-state index in [2.05, 4.69) is 27.9 Å². The van der Waals surface area contributed by atoms with E-state index in [4.69, 9.17) is 11.6 Å². The number of hydrogen-bond acceptors (Lipinski definition) is 2. The fraction of sp³-hybridized carbons (Fsp3) is 0.286. The third kappa shape index (κ3) is 3.52. The number of carboxylic acids is 1. The molecule has 1 amide bonds. The molecule has 1 aliphatic carbocycles. The second kappa shape index (κ2) is 6.58. The van der Waals surface area contributed by atoms with Crippen molar-refractivity contribution in [2.24, 2.45) is 11.8 Å². The minimum Gasteiger partial charge on any atom is -0.481 e. The molecule has 0 fully saturated rings. The van der Waals surface area contributed by atoms with Crippen molar-refractivity contribution in [3.8, 4) is 0 Å². The Hall–Kier alpha value is -1.08. The standard InChI is InChI=1S/C14H13ClINO3/c15-11-7-8(16)5-6-12(11)17-13(18)9-3-1-2-4-10(9)14(19)20/h1-2,5-7,9-10H,3-4H2,(H,17,18)(H,19,20)/t9-,10+/m1/s1. The number of hydrogen-bond donors (Lipinski definition) is 2. The van der Waals surface area contributed by atoms with Crippen LogP contribution in [0.2, 0.25) is 5.02 Å². The number of amides is 1. The lowest BCUT2D eigenvalue weighted by Gasteiger charge is -2.24. The number of allylic oxidation sites excluding steroid dienone is 2. The van der Waals surface area contributed by atoms with Gasteiger partial charge in [0.2, 0.25) is 5.91 Å². The number of carbonyl (C=O) groups is 2. The van der Waals surface area contributed by atoms with Crippen molar-refractivity contribution in [3.05, 3.63) is 38.9 Å². The molecule has 1 aromatic carbocycles. The van der Waals surface area contributed by atoms with Crippen molar-refractivity contribution in [3.63, 3.8) is 0 Å². The highest BCUT2D eigenvalue weighted by Gasteiger charge is 2.34. The third-order valence-electron chi connectivity index (χ3n) is 3.28. The van der Waals surface area contributed by atoms with Crippen LogP contribution in [0, 0.1) is 15.4 Å². The average Bonchev–Trinajstić information content (AvgIpc) is 2.41. The lowest BCUT2D eigenvalue weighted by atomic mass is 9.82. The van der Waals surface area contributed by atoms with E-state index in [1.165, 1.54) is 0 Å². The van der Waals surface area contributed by atoms with Gasteiger partial charge in [0, 0.05) is 3.57 Å². The first-order valence-corrected chi connectivity index (χ1v) is 7.58. The van der Waals surface area contributed by atoms with Gasteiger partial charge < -0.3 is 10.4 Å². The number of rotatable bonds is 3. The minimum absolute atomic E-state index is 0.301. The Morgan fingerprint density at radius 2 is 1.90 bits per heavy atom. The van der Waals surface area contributed by atoms with Crippen molar-refractivity contribution in [1.29, 1.82) is 0 Å². The molecule has 1 aliphatic rings. The molecule has 0 unspecified atom stereocenters. The number of aliphatic carboxylic acids is 1. The van der Waals surface area contributed by atoms with E-state index >= 15 is 0 Å². The minimum atomic E-state index is -0.941. The molecule has 0 heterocycles. The molecule has 106 valence electrons. The third-order valence-corrected chi connectivity index (χ3v) is 4.26. The van der Waals surface area contributed by atoms with Gasteiger partial charge in [0.25, 0.3) is 0 Å². The summed E-state index contributed by atoms with van der Waals surface area (Å²) in [5.74, 6) is -2.48. The van der Waals surface area contributed by atoms with Crippen LogP contribution >= 0.6 is 34.2 Å². The monoisotopic (exact) mass is 405 g/mol. The fourth-order valence-electron chi connectivity index (χ4n) is 2.19. The van der Waals surface area contributed by atoms with E-state index in [0.717, 1.165) is 3.57 Å². The first kappa shape index (κ1) is 15.3. The molecule has 2 atom stereocenters. The first-order chi connectivity index (χ1) is 9.49. The van der Waals surface area contributed by atoms with E-state index in [-0.39, 0.29) is 5.91 Å². The lowest BCUT2D eigenvalue weighted by Crippen LogP contribution is -2.34. The van der Waals surface area contributed by atoms with Crippen molar-refractivity contribution in [2.45, 2.75) is 12.8 Å². The molecule has 0 radical (unpaired) electrons. The zero-order valence-corrected chi connectivity index (χ0v) is 13.4. The van der Waals surface area contributed by atoms with Gasteiger partial charge in [-0.15, -0.1) is 0 Å². The Balaban J connectivity index is 2.14. The molecule has 20 heavy (non-hydrogen) atoms. The maximum absolute atomic E-state index is 12.3. The topological polar surface area (TPSA) is 66.4 Å². The van der Waals surface area contributed by atoms with Crippen molar-refractivity contribution >= 4 is 51.8 Å². The molecule has 0 bridgehead atoms. The van der Waals surface area contributed by atoms with Gasteiger partial charge in [-0.25, -0.2) is 0 Å². The summed E-state index contributed by atoms with van der Waals surface area (Å²) < 4.78 is 0.967. The maximum atomic E-state index is 12.3. The summed E-state index contributed by atoms with van der Waals surface area (Å²) in [4.78, 5) is 23.4. The van der Waals surface area contributed by atoms with Gasteiger partial charge in [-0.2, -0.15) is 0 Å². The van der Waals surface area contributed by atoms with Crippen LogP contribution in [0.3, 0.4) is 0 Å². The highest BCUT2D eigenvalue weighted by molar-refractivity contribution is 14.1. The number of nitrogens with one attached hydrogen (secondary N) is 1. The molecule has 2 N–H and O–H groups in total. The summed E-state index contributed by atoms with van der Waals surface area (Å²) in [6.45, 7) is 0. The quantitative estimate of drug-likeness (QED) is 0.597. The number of anilines is 1. The summed E-state index contributed by atoms with van der Waals surface area (Å²) >= 11 is 8.19. The Kier molecular flexibility index (Phi) is 5.04. The van der Waals surface area contributed by atoms with E-state index < -0.39 is 17.8 Å². The lowest BCUT2D eigenvalue weighted by molar-refractivity contribution is -0.146.